The Morgan fingerprint density at radius 2 is 1.07 bits per heavy atom. The van der Waals surface area contributed by atoms with Gasteiger partial charge in [0.05, 0.1) is 0 Å². The van der Waals surface area contributed by atoms with Crippen LogP contribution in [0.1, 0.15) is 11.1 Å². The second-order valence-corrected chi connectivity index (χ2v) is 3.50. The monoisotopic (exact) mass is 244 g/mol. The van der Waals surface area contributed by atoms with E-state index in [2.05, 4.69) is 38.1 Å². The Morgan fingerprint density at radius 1 is 0.929 bits per heavy atom. The van der Waals surface area contributed by atoms with Crippen molar-refractivity contribution in [1.29, 1.82) is 0 Å². The Labute approximate surface area is 127 Å². The molecule has 0 bridgehead atoms. The molecule has 0 aliphatic rings. The van der Waals surface area contributed by atoms with Crippen LogP contribution in [0.3, 0.4) is 0 Å². The van der Waals surface area contributed by atoms with Crippen LogP contribution >= 0.6 is 0 Å². The van der Waals surface area contributed by atoms with Gasteiger partial charge >= 0.3 is 61.8 Å². The van der Waals surface area contributed by atoms with E-state index in [9.17, 15) is 0 Å². The fourth-order valence-corrected chi connectivity index (χ4v) is 0.637. The molecule has 0 spiro atoms. The van der Waals surface area contributed by atoms with E-state index >= 15 is 0 Å². The summed E-state index contributed by atoms with van der Waals surface area (Å²) in [6.07, 6.45) is 0. The van der Waals surface area contributed by atoms with Crippen LogP contribution in [0, 0.1) is 13.8 Å². The van der Waals surface area contributed by atoms with Gasteiger partial charge in [-0.3, -0.25) is 9.11 Å². The van der Waals surface area contributed by atoms with Crippen LogP contribution in [-0.4, -0.2) is 68.9 Å². The van der Waals surface area contributed by atoms with Gasteiger partial charge in [-0.15, -0.1) is 0 Å². The van der Waals surface area contributed by atoms with Crippen molar-refractivity contribution in [3.05, 3.63) is 35.4 Å². The predicted octanol–water partition coefficient (Wildman–Crippen LogP) is 1.00. The summed E-state index contributed by atoms with van der Waals surface area (Å²) in [4.78, 5) is 0. The molecule has 0 aliphatic carbocycles. The van der Waals surface area contributed by atoms with E-state index in [0.29, 0.717) is 0 Å². The first-order valence-electron chi connectivity index (χ1n) is 3.52. The Hall–Kier alpha value is 0.726. The first kappa shape index (κ1) is 17.1. The Kier molecular flexibility index (Phi) is 9.72. The fraction of sp³-hybridized carbons (Fsp3) is 0.250. The summed E-state index contributed by atoms with van der Waals surface area (Å²) >= 11 is 0. The zero-order valence-electron chi connectivity index (χ0n) is 7.43. The zero-order chi connectivity index (χ0) is 10.5. The van der Waals surface area contributed by atoms with Crippen LogP contribution in [-0.2, 0) is 10.4 Å². The van der Waals surface area contributed by atoms with Crippen LogP contribution in [0.5, 0.6) is 0 Å². The van der Waals surface area contributed by atoms with Gasteiger partial charge in [0.25, 0.3) is 0 Å². The maximum absolute atomic E-state index is 8.74. The SMILES string of the molecule is Cc1ccc(C)cc1.O=S(=O)(O)O.[KH]. The molecule has 1 aromatic carbocycles. The average Bonchev–Trinajstić information content (AvgIpc) is 1.92. The van der Waals surface area contributed by atoms with Crippen LogP contribution in [0.25, 0.3) is 0 Å². The molecule has 6 heteroatoms. The van der Waals surface area contributed by atoms with Crippen molar-refractivity contribution in [3.8, 4) is 0 Å². The molecule has 0 atom stereocenters. The van der Waals surface area contributed by atoms with E-state index in [4.69, 9.17) is 17.5 Å². The van der Waals surface area contributed by atoms with Crippen LogP contribution in [0.4, 0.5) is 0 Å². The summed E-state index contributed by atoms with van der Waals surface area (Å²) in [5.41, 5.74) is 2.66. The molecule has 1 rings (SSSR count). The molecule has 76 valence electrons. The molecule has 0 aliphatic heterocycles. The van der Waals surface area contributed by atoms with Gasteiger partial charge in [0.1, 0.15) is 0 Å². The van der Waals surface area contributed by atoms with Gasteiger partial charge in [0.15, 0.2) is 0 Å². The summed E-state index contributed by atoms with van der Waals surface area (Å²) in [6, 6.07) is 8.48. The van der Waals surface area contributed by atoms with E-state index in [1.54, 1.807) is 0 Å². The fourth-order valence-electron chi connectivity index (χ4n) is 0.637. The molecule has 0 saturated carbocycles. The first-order chi connectivity index (χ1) is 5.79. The van der Waals surface area contributed by atoms with E-state index in [-0.39, 0.29) is 51.4 Å². The van der Waals surface area contributed by atoms with Crippen LogP contribution in [0.2, 0.25) is 0 Å². The number of hydrogen-bond acceptors (Lipinski definition) is 2. The van der Waals surface area contributed by atoms with Crippen LogP contribution in [0.15, 0.2) is 24.3 Å². The summed E-state index contributed by atoms with van der Waals surface area (Å²) in [6.45, 7) is 4.19. The minimum absolute atomic E-state index is 0. The third kappa shape index (κ3) is 15.2. The third-order valence-corrected chi connectivity index (χ3v) is 1.22. The number of benzene rings is 1. The van der Waals surface area contributed by atoms with Crippen molar-refractivity contribution in [2.75, 3.05) is 0 Å². The molecule has 0 amide bonds. The molecule has 14 heavy (non-hydrogen) atoms. The predicted molar refractivity (Wildman–Crippen MR) is 57.2 cm³/mol. The normalized spacial score (nSPS) is 9.43. The molecule has 4 nitrogen and oxygen atoms in total. The van der Waals surface area contributed by atoms with Crippen molar-refractivity contribution >= 4 is 61.8 Å². The first-order valence-corrected chi connectivity index (χ1v) is 4.92. The van der Waals surface area contributed by atoms with Gasteiger partial charge in [-0.05, 0) is 13.8 Å². The zero-order valence-corrected chi connectivity index (χ0v) is 8.25. The Morgan fingerprint density at radius 3 is 1.21 bits per heavy atom. The molecule has 0 aromatic heterocycles. The van der Waals surface area contributed by atoms with Gasteiger partial charge < -0.3 is 0 Å². The summed E-state index contributed by atoms with van der Waals surface area (Å²) < 4.78 is 31.6. The van der Waals surface area contributed by atoms with Gasteiger partial charge in [-0.25, -0.2) is 0 Å². The number of rotatable bonds is 0. The Bertz CT molecular complexity index is 315. The van der Waals surface area contributed by atoms with Crippen molar-refractivity contribution in [2.24, 2.45) is 0 Å². The number of aryl methyl sites for hydroxylation is 2. The summed E-state index contributed by atoms with van der Waals surface area (Å²) in [5, 5.41) is 0. The van der Waals surface area contributed by atoms with E-state index < -0.39 is 10.4 Å². The number of hydrogen-bond donors (Lipinski definition) is 2. The molecule has 2 N–H and O–H groups in total. The molecular formula is C8H13KO4S. The summed E-state index contributed by atoms with van der Waals surface area (Å²) in [7, 11) is -4.67. The molecule has 0 fully saturated rings. The molecule has 0 saturated heterocycles. The molecule has 0 heterocycles. The van der Waals surface area contributed by atoms with Crippen molar-refractivity contribution < 1.29 is 17.5 Å². The van der Waals surface area contributed by atoms with E-state index in [0.717, 1.165) is 0 Å². The molecule has 1 aromatic rings. The quantitative estimate of drug-likeness (QED) is 0.527. The topological polar surface area (TPSA) is 74.6 Å². The molecule has 0 unspecified atom stereocenters. The van der Waals surface area contributed by atoms with Gasteiger partial charge in [0, 0.05) is 0 Å². The average molecular weight is 244 g/mol. The maximum atomic E-state index is 8.74. The van der Waals surface area contributed by atoms with Crippen molar-refractivity contribution in [1.82, 2.24) is 0 Å². The Balaban J connectivity index is 0. The third-order valence-electron chi connectivity index (χ3n) is 1.22. The van der Waals surface area contributed by atoms with Gasteiger partial charge in [-0.1, -0.05) is 35.4 Å². The van der Waals surface area contributed by atoms with Gasteiger partial charge in [0.2, 0.25) is 0 Å². The van der Waals surface area contributed by atoms with E-state index in [1.165, 1.54) is 11.1 Å². The van der Waals surface area contributed by atoms with Crippen molar-refractivity contribution in [3.63, 3.8) is 0 Å². The molecular weight excluding hydrogens is 231 g/mol. The van der Waals surface area contributed by atoms with Crippen molar-refractivity contribution in [2.45, 2.75) is 13.8 Å². The standard InChI is InChI=1S/C8H10.K.H2O4S.H/c1-7-3-5-8(2)6-4-7;;1-5(2,3)4;/h3-6H,1-2H3;;(H2,1,2,3,4);. The molecule has 0 radical (unpaired) electrons. The minimum atomic E-state index is -4.67. The summed E-state index contributed by atoms with van der Waals surface area (Å²) in [5.74, 6) is 0. The van der Waals surface area contributed by atoms with Crippen LogP contribution < -0.4 is 0 Å². The van der Waals surface area contributed by atoms with Gasteiger partial charge in [-0.2, -0.15) is 8.42 Å². The second kappa shape index (κ2) is 7.95. The van der Waals surface area contributed by atoms with E-state index in [1.807, 2.05) is 0 Å². The second-order valence-electron chi connectivity index (χ2n) is 2.60.